The molecule has 52 heavy (non-hydrogen) atoms. The van der Waals surface area contributed by atoms with Crippen molar-refractivity contribution in [1.82, 2.24) is 4.57 Å². The Hall–Kier alpha value is -6.97. The minimum absolute atomic E-state index is 0.0224. The molecule has 0 spiro atoms. The van der Waals surface area contributed by atoms with E-state index >= 15 is 0 Å². The van der Waals surface area contributed by atoms with Crippen LogP contribution in [0.3, 0.4) is 0 Å². The van der Waals surface area contributed by atoms with Crippen molar-refractivity contribution in [2.24, 2.45) is 0 Å². The molecule has 3 heteroatoms. The highest BCUT2D eigenvalue weighted by molar-refractivity contribution is 6.26. The fraction of sp³-hybridized carbons (Fsp3) is 0. The first-order chi connectivity index (χ1) is 25.7. The van der Waals surface area contributed by atoms with E-state index in [1.165, 1.54) is 32.3 Å². The van der Waals surface area contributed by atoms with Gasteiger partial charge in [-0.15, -0.1) is 0 Å². The van der Waals surface area contributed by atoms with Crippen molar-refractivity contribution in [2.45, 2.75) is 0 Å². The summed E-state index contributed by atoms with van der Waals surface area (Å²) in [7, 11) is 0. The number of hydrogen-bond acceptors (Lipinski definition) is 2. The molecule has 11 aromatic rings. The maximum atomic E-state index is 13.9. The van der Waals surface area contributed by atoms with E-state index in [1.807, 2.05) is 59.2 Å². The van der Waals surface area contributed by atoms with Gasteiger partial charge in [0.05, 0.1) is 5.52 Å². The predicted octanol–water partition coefficient (Wildman–Crippen LogP) is 12.8. The predicted molar refractivity (Wildman–Crippen MR) is 218 cm³/mol. The lowest BCUT2D eigenvalue weighted by atomic mass is 9.90. The van der Waals surface area contributed by atoms with Crippen LogP contribution in [-0.2, 0) is 0 Å². The number of para-hydroxylation sites is 2. The minimum Gasteiger partial charge on any atom is -0.455 e. The highest BCUT2D eigenvalue weighted by atomic mass is 16.3. The average Bonchev–Trinajstić information content (AvgIpc) is 3.61. The van der Waals surface area contributed by atoms with Gasteiger partial charge in [-0.1, -0.05) is 127 Å². The maximum Gasteiger partial charge on any atom is 0.263 e. The van der Waals surface area contributed by atoms with E-state index in [1.54, 1.807) is 0 Å². The zero-order chi connectivity index (χ0) is 34.3. The Bertz CT molecular complexity index is 3280. The summed E-state index contributed by atoms with van der Waals surface area (Å²) in [6, 6.07) is 61.2. The van der Waals surface area contributed by atoms with Gasteiger partial charge in [0.25, 0.3) is 5.56 Å². The first-order valence-electron chi connectivity index (χ1n) is 17.6. The van der Waals surface area contributed by atoms with Crippen LogP contribution in [0.2, 0.25) is 0 Å². The molecule has 0 radical (unpaired) electrons. The standard InChI is InChI=1S/C49H29NO2/c51-49-41-19-9-8-18-39(41)44-29-30(23-27-45(44)50(49)32-12-2-1-3-13-32)33-25-26-34(48-47(33)42-20-10-11-21-46(42)52-48)31-22-24-40-37-16-5-4-14-35(37)36-15-6-7-17-38(36)43(40)28-31/h1-29H. The normalized spacial score (nSPS) is 11.9. The Balaban J connectivity index is 1.18. The molecule has 11 rings (SSSR count). The molecule has 2 heterocycles. The Morgan fingerprint density at radius 2 is 0.885 bits per heavy atom. The number of fused-ring (bicyclic) bond motifs is 12. The minimum atomic E-state index is -0.0224. The van der Waals surface area contributed by atoms with Gasteiger partial charge in [-0.05, 0) is 103 Å². The molecule has 9 aromatic carbocycles. The molecule has 0 saturated carbocycles. The molecule has 0 unspecified atom stereocenters. The topological polar surface area (TPSA) is 35.1 Å². The van der Waals surface area contributed by atoms with Crippen LogP contribution < -0.4 is 5.56 Å². The fourth-order valence-corrected chi connectivity index (χ4v) is 8.45. The van der Waals surface area contributed by atoms with E-state index < -0.39 is 0 Å². The van der Waals surface area contributed by atoms with Gasteiger partial charge in [-0.3, -0.25) is 9.36 Å². The van der Waals surface area contributed by atoms with Gasteiger partial charge in [0.15, 0.2) is 0 Å². The summed E-state index contributed by atoms with van der Waals surface area (Å²) in [5.41, 5.74) is 7.73. The fourth-order valence-electron chi connectivity index (χ4n) is 8.45. The number of hydrogen-bond donors (Lipinski definition) is 0. The lowest BCUT2D eigenvalue weighted by molar-refractivity contribution is 0.670. The maximum absolute atomic E-state index is 13.9. The first-order valence-corrected chi connectivity index (χ1v) is 17.6. The third-order valence-corrected chi connectivity index (χ3v) is 10.8. The molecule has 2 aromatic heterocycles. The number of pyridine rings is 1. The molecule has 242 valence electrons. The molecule has 0 fully saturated rings. The van der Waals surface area contributed by atoms with Crippen LogP contribution in [0.1, 0.15) is 0 Å². The monoisotopic (exact) mass is 663 g/mol. The molecule has 0 atom stereocenters. The van der Waals surface area contributed by atoms with Gasteiger partial charge < -0.3 is 4.42 Å². The zero-order valence-electron chi connectivity index (χ0n) is 28.0. The molecule has 0 bridgehead atoms. The second kappa shape index (κ2) is 11.0. The largest absolute Gasteiger partial charge is 0.455 e. The number of aromatic nitrogens is 1. The number of nitrogens with zero attached hydrogens (tertiary/aromatic N) is 1. The average molecular weight is 664 g/mol. The van der Waals surface area contributed by atoms with Gasteiger partial charge in [0.1, 0.15) is 11.2 Å². The van der Waals surface area contributed by atoms with Gasteiger partial charge in [0, 0.05) is 32.8 Å². The smallest absolute Gasteiger partial charge is 0.263 e. The van der Waals surface area contributed by atoms with Gasteiger partial charge in [-0.2, -0.15) is 0 Å². The molecule has 0 saturated heterocycles. The summed E-state index contributed by atoms with van der Waals surface area (Å²) in [6.45, 7) is 0. The van der Waals surface area contributed by atoms with Gasteiger partial charge >= 0.3 is 0 Å². The highest BCUT2D eigenvalue weighted by Gasteiger charge is 2.20. The SMILES string of the molecule is O=c1c2ccccc2c2cc(-c3ccc(-c4ccc5c6ccccc6c6ccccc6c5c4)c4oc5ccccc5c34)ccc2n1-c1ccccc1. The quantitative estimate of drug-likeness (QED) is 0.176. The first kappa shape index (κ1) is 28.8. The molecule has 0 aliphatic heterocycles. The van der Waals surface area contributed by atoms with Crippen molar-refractivity contribution in [1.29, 1.82) is 0 Å². The molecule has 0 N–H and O–H groups in total. The number of furan rings is 1. The van der Waals surface area contributed by atoms with Crippen molar-refractivity contribution in [3.8, 4) is 27.9 Å². The molecular formula is C49H29NO2. The van der Waals surface area contributed by atoms with E-state index in [-0.39, 0.29) is 5.56 Å². The van der Waals surface area contributed by atoms with E-state index in [9.17, 15) is 4.79 Å². The number of benzene rings is 9. The van der Waals surface area contributed by atoms with Crippen LogP contribution in [0.5, 0.6) is 0 Å². The molecule has 0 aliphatic carbocycles. The third-order valence-electron chi connectivity index (χ3n) is 10.8. The Kier molecular flexibility index (Phi) is 6.11. The molecule has 3 nitrogen and oxygen atoms in total. The Labute approximate surface area is 298 Å². The van der Waals surface area contributed by atoms with Crippen molar-refractivity contribution in [3.63, 3.8) is 0 Å². The second-order valence-electron chi connectivity index (χ2n) is 13.6. The highest BCUT2D eigenvalue weighted by Crippen LogP contribution is 2.44. The summed E-state index contributed by atoms with van der Waals surface area (Å²) in [5.74, 6) is 0. The lowest BCUT2D eigenvalue weighted by Crippen LogP contribution is -2.19. The molecule has 0 amide bonds. The Morgan fingerprint density at radius 1 is 0.385 bits per heavy atom. The summed E-state index contributed by atoms with van der Waals surface area (Å²) in [5, 5.41) is 12.3. The van der Waals surface area contributed by atoms with Crippen molar-refractivity contribution in [3.05, 3.63) is 186 Å². The number of rotatable bonds is 3. The summed E-state index contributed by atoms with van der Waals surface area (Å²) in [4.78, 5) is 13.9. The summed E-state index contributed by atoms with van der Waals surface area (Å²) < 4.78 is 8.61. The van der Waals surface area contributed by atoms with Crippen molar-refractivity contribution >= 4 is 75.9 Å². The Morgan fingerprint density at radius 3 is 1.60 bits per heavy atom. The lowest BCUT2D eigenvalue weighted by Gasteiger charge is -2.15. The van der Waals surface area contributed by atoms with Crippen molar-refractivity contribution in [2.75, 3.05) is 0 Å². The van der Waals surface area contributed by atoms with Crippen LogP contribution in [0.25, 0.3) is 104 Å². The van der Waals surface area contributed by atoms with Gasteiger partial charge in [-0.25, -0.2) is 0 Å². The van der Waals surface area contributed by atoms with Crippen LogP contribution in [0.15, 0.2) is 185 Å². The van der Waals surface area contributed by atoms with Crippen LogP contribution in [0, 0.1) is 0 Å². The summed E-state index contributed by atoms with van der Waals surface area (Å²) in [6.07, 6.45) is 0. The van der Waals surface area contributed by atoms with Crippen LogP contribution in [0.4, 0.5) is 0 Å². The van der Waals surface area contributed by atoms with E-state index in [4.69, 9.17) is 4.42 Å². The molecular weight excluding hydrogens is 635 g/mol. The molecule has 0 aliphatic rings. The van der Waals surface area contributed by atoms with Crippen molar-refractivity contribution < 1.29 is 4.42 Å². The van der Waals surface area contributed by atoms with Gasteiger partial charge in [0.2, 0.25) is 0 Å². The van der Waals surface area contributed by atoms with E-state index in [0.29, 0.717) is 5.39 Å². The van der Waals surface area contributed by atoms with E-state index in [2.05, 4.69) is 121 Å². The second-order valence-corrected chi connectivity index (χ2v) is 13.6. The summed E-state index contributed by atoms with van der Waals surface area (Å²) >= 11 is 0. The van der Waals surface area contributed by atoms with Crippen LogP contribution >= 0.6 is 0 Å². The zero-order valence-corrected chi connectivity index (χ0v) is 28.0. The van der Waals surface area contributed by atoms with Crippen LogP contribution in [-0.4, -0.2) is 4.57 Å². The van der Waals surface area contributed by atoms with E-state index in [0.717, 1.165) is 66.2 Å². The third kappa shape index (κ3) is 4.11.